The maximum absolute atomic E-state index is 9.75. The molecule has 5 nitrogen and oxygen atoms in total. The molecule has 0 atom stereocenters. The van der Waals surface area contributed by atoms with Gasteiger partial charge in [0, 0.05) is 12.7 Å². The predicted octanol–water partition coefficient (Wildman–Crippen LogP) is 0.662. The average Bonchev–Trinajstić information content (AvgIpc) is 1.87. The van der Waals surface area contributed by atoms with Crippen molar-refractivity contribution in [3.8, 4) is 0 Å². The van der Waals surface area contributed by atoms with Crippen LogP contribution in [0.5, 0.6) is 0 Å². The fourth-order valence-electron chi connectivity index (χ4n) is 0.117. The van der Waals surface area contributed by atoms with Crippen molar-refractivity contribution in [3.05, 3.63) is 12.8 Å². The van der Waals surface area contributed by atoms with Crippen LogP contribution in [0.15, 0.2) is 12.8 Å². The molecule has 0 heterocycles. The number of carbonyl (C=O) groups excluding carboxylic acids is 1. The van der Waals surface area contributed by atoms with Crippen molar-refractivity contribution in [2.75, 3.05) is 5.75 Å². The van der Waals surface area contributed by atoms with Gasteiger partial charge in [0.05, 0.1) is 16.8 Å². The van der Waals surface area contributed by atoms with Crippen LogP contribution in [0.4, 0.5) is 0 Å². The quantitative estimate of drug-likeness (QED) is 0.345. The molecule has 0 saturated heterocycles. The summed E-state index contributed by atoms with van der Waals surface area (Å²) < 4.78 is 29.7. The van der Waals surface area contributed by atoms with Crippen molar-refractivity contribution in [1.29, 1.82) is 0 Å². The number of hydrogen-bond donors (Lipinski definition) is 3. The Balaban J connectivity index is 0. The highest BCUT2D eigenvalue weighted by atomic mass is 32.3. The zero-order valence-electron chi connectivity index (χ0n) is 7.06. The van der Waals surface area contributed by atoms with E-state index in [1.54, 1.807) is 0 Å². The van der Waals surface area contributed by atoms with Crippen molar-refractivity contribution in [1.82, 2.24) is 0 Å². The maximum atomic E-state index is 9.75. The largest absolute Gasteiger partial charge is 0.435 e. The molecule has 0 fully saturated rings. The molecule has 0 unspecified atom stereocenters. The summed E-state index contributed by atoms with van der Waals surface area (Å²) in [6, 6.07) is 0. The van der Waals surface area contributed by atoms with Crippen molar-refractivity contribution >= 4 is 16.5 Å². The van der Waals surface area contributed by atoms with Gasteiger partial charge < -0.3 is 13.8 Å². The maximum Gasteiger partial charge on any atom is 0.307 e. The molecule has 0 aromatic rings. The van der Waals surface area contributed by atoms with Gasteiger partial charge in [-0.3, -0.25) is 4.79 Å². The topological polar surface area (TPSA) is 83.8 Å². The van der Waals surface area contributed by atoms with Crippen LogP contribution in [-0.4, -0.2) is 25.0 Å². The second kappa shape index (κ2) is 6.96. The first-order chi connectivity index (χ1) is 5.33. The summed E-state index contributed by atoms with van der Waals surface area (Å²) in [5.41, 5.74) is 0. The Morgan fingerprint density at radius 3 is 2.00 bits per heavy atom. The number of carbonyl (C=O) groups is 1. The first-order valence-corrected chi connectivity index (χ1v) is 4.96. The number of esters is 1. The SMILES string of the molecule is C=COC(C)=O.CC[SH](=O)(O)O. The number of hydrogen-bond acceptors (Lipinski definition) is 3. The third kappa shape index (κ3) is 22.8. The molecule has 2 N–H and O–H groups in total. The van der Waals surface area contributed by atoms with Gasteiger partial charge in [0.2, 0.25) is 0 Å². The zero-order chi connectivity index (χ0) is 10.2. The van der Waals surface area contributed by atoms with Crippen LogP contribution >= 0.6 is 0 Å². The van der Waals surface area contributed by atoms with E-state index >= 15 is 0 Å². The van der Waals surface area contributed by atoms with Crippen LogP contribution in [-0.2, 0) is 20.0 Å². The van der Waals surface area contributed by atoms with Crippen LogP contribution in [0.3, 0.4) is 0 Å². The van der Waals surface area contributed by atoms with E-state index in [-0.39, 0.29) is 11.7 Å². The number of rotatable bonds is 2. The molecule has 0 aliphatic heterocycles. The highest BCUT2D eigenvalue weighted by Gasteiger charge is 1.93. The van der Waals surface area contributed by atoms with Crippen molar-refractivity contribution in [3.63, 3.8) is 0 Å². The minimum atomic E-state index is -3.65. The van der Waals surface area contributed by atoms with Crippen LogP contribution < -0.4 is 0 Å². The molecule has 0 radical (unpaired) electrons. The van der Waals surface area contributed by atoms with E-state index in [0.29, 0.717) is 0 Å². The molecule has 0 bridgehead atoms. The molecule has 0 amide bonds. The van der Waals surface area contributed by atoms with Crippen molar-refractivity contribution in [2.24, 2.45) is 0 Å². The summed E-state index contributed by atoms with van der Waals surface area (Å²) in [7, 11) is -3.65. The van der Waals surface area contributed by atoms with Gasteiger partial charge in [-0.2, -0.15) is 0 Å². The van der Waals surface area contributed by atoms with E-state index in [0.717, 1.165) is 6.26 Å². The highest BCUT2D eigenvalue weighted by molar-refractivity contribution is 7.92. The van der Waals surface area contributed by atoms with Crippen LogP contribution in [0.1, 0.15) is 13.8 Å². The Morgan fingerprint density at radius 2 is 2.00 bits per heavy atom. The molecule has 0 spiro atoms. The van der Waals surface area contributed by atoms with Crippen LogP contribution in [0.25, 0.3) is 0 Å². The van der Waals surface area contributed by atoms with Crippen molar-refractivity contribution in [2.45, 2.75) is 13.8 Å². The Hall–Kier alpha value is -0.720. The summed E-state index contributed by atoms with van der Waals surface area (Å²) >= 11 is 0. The third-order valence-electron chi connectivity index (χ3n) is 0.661. The molecule has 0 aromatic carbocycles. The molecule has 0 saturated carbocycles. The first kappa shape index (κ1) is 13.8. The Morgan fingerprint density at radius 1 is 1.67 bits per heavy atom. The van der Waals surface area contributed by atoms with Crippen LogP contribution in [0.2, 0.25) is 0 Å². The Kier molecular flexibility index (Phi) is 8.03. The van der Waals surface area contributed by atoms with E-state index in [9.17, 15) is 9.00 Å². The lowest BCUT2D eigenvalue weighted by molar-refractivity contribution is -0.135. The van der Waals surface area contributed by atoms with Gasteiger partial charge in [-0.25, -0.2) is 4.21 Å². The molecule has 12 heavy (non-hydrogen) atoms. The summed E-state index contributed by atoms with van der Waals surface area (Å²) in [6.07, 6.45) is 1.10. The monoisotopic (exact) mass is 198 g/mol. The molecular formula is C6H14O5S. The van der Waals surface area contributed by atoms with Gasteiger partial charge in [0.25, 0.3) is 0 Å². The molecule has 0 aromatic heterocycles. The Labute approximate surface area is 72.5 Å². The van der Waals surface area contributed by atoms with Gasteiger partial charge in [-0.05, 0) is 0 Å². The lowest BCUT2D eigenvalue weighted by Gasteiger charge is -2.02. The van der Waals surface area contributed by atoms with Gasteiger partial charge in [-0.1, -0.05) is 13.5 Å². The predicted molar refractivity (Wildman–Crippen MR) is 47.3 cm³/mol. The molecule has 74 valence electrons. The van der Waals surface area contributed by atoms with Gasteiger partial charge in [0.1, 0.15) is 0 Å². The lowest BCUT2D eigenvalue weighted by atomic mass is 10.8. The van der Waals surface area contributed by atoms with E-state index < -0.39 is 10.5 Å². The second-order valence-corrected chi connectivity index (χ2v) is 3.72. The highest BCUT2D eigenvalue weighted by Crippen LogP contribution is 1.85. The zero-order valence-corrected chi connectivity index (χ0v) is 7.95. The number of thiol groups is 1. The van der Waals surface area contributed by atoms with Gasteiger partial charge >= 0.3 is 5.97 Å². The molecule has 0 rings (SSSR count). The normalized spacial score (nSPS) is 10.7. The molecule has 0 aliphatic rings. The second-order valence-electron chi connectivity index (χ2n) is 1.76. The van der Waals surface area contributed by atoms with E-state index in [1.165, 1.54) is 13.8 Å². The first-order valence-electron chi connectivity index (χ1n) is 3.16. The van der Waals surface area contributed by atoms with Gasteiger partial charge in [-0.15, -0.1) is 0 Å². The van der Waals surface area contributed by atoms with E-state index in [1.807, 2.05) is 0 Å². The standard InChI is InChI=1S/C4H6O2.C2H8O3S/c1-3-6-4(2)5;1-2-6(3,4)5/h3H,1H2,2H3;6H,2H2,1H3,(H2,3,4,5). The molecule has 0 aliphatic carbocycles. The minimum Gasteiger partial charge on any atom is -0.435 e. The van der Waals surface area contributed by atoms with E-state index in [2.05, 4.69) is 11.3 Å². The fraction of sp³-hybridized carbons (Fsp3) is 0.500. The summed E-state index contributed by atoms with van der Waals surface area (Å²) in [5.74, 6) is -0.391. The van der Waals surface area contributed by atoms with Gasteiger partial charge in [0.15, 0.2) is 0 Å². The molecular weight excluding hydrogens is 184 g/mol. The molecule has 6 heteroatoms. The fourth-order valence-corrected chi connectivity index (χ4v) is 0.117. The number of ether oxygens (including phenoxy) is 1. The van der Waals surface area contributed by atoms with E-state index in [4.69, 9.17) is 9.11 Å². The minimum absolute atomic E-state index is 0.0625. The Bertz CT molecular complexity index is 182. The summed E-state index contributed by atoms with van der Waals surface area (Å²) in [6.45, 7) is 5.92. The lowest BCUT2D eigenvalue weighted by Crippen LogP contribution is -2.09. The average molecular weight is 198 g/mol. The third-order valence-corrected chi connectivity index (χ3v) is 1.49. The van der Waals surface area contributed by atoms with Crippen LogP contribution in [0, 0.1) is 0 Å². The summed E-state index contributed by atoms with van der Waals surface area (Å²) in [4.78, 5) is 9.75. The smallest absolute Gasteiger partial charge is 0.307 e. The summed E-state index contributed by atoms with van der Waals surface area (Å²) in [5, 5.41) is 0. The van der Waals surface area contributed by atoms with Crippen molar-refractivity contribution < 1.29 is 22.8 Å².